The Bertz CT molecular complexity index is 304. The monoisotopic (exact) mass is 178 g/mol. The molecule has 1 aliphatic rings. The Labute approximate surface area is 65.1 Å². The minimum atomic E-state index is -1.53. The zero-order valence-electron chi connectivity index (χ0n) is 5.03. The number of Topliss-reactive ketones (excluding diaryl/α,β-unsaturated/α-hetero) is 1. The van der Waals surface area contributed by atoms with Crippen molar-refractivity contribution in [1.29, 1.82) is 0 Å². The molecule has 0 atom stereocenters. The molecule has 0 fully saturated rings. The van der Waals surface area contributed by atoms with Crippen LogP contribution in [0.25, 0.3) is 0 Å². The van der Waals surface area contributed by atoms with Gasteiger partial charge in [-0.2, -0.15) is 0 Å². The van der Waals surface area contributed by atoms with Crippen molar-refractivity contribution in [1.82, 2.24) is 0 Å². The van der Waals surface area contributed by atoms with Crippen molar-refractivity contribution in [3.8, 4) is 0 Å². The summed E-state index contributed by atoms with van der Waals surface area (Å²) in [4.78, 5) is 20.8. The maximum absolute atomic E-state index is 12.4. The second-order valence-electron chi connectivity index (χ2n) is 1.81. The lowest BCUT2D eigenvalue weighted by atomic mass is 10.1. The summed E-state index contributed by atoms with van der Waals surface area (Å²) in [5, 5.41) is -0.864. The lowest BCUT2D eigenvalue weighted by Gasteiger charge is -2.02. The van der Waals surface area contributed by atoms with E-state index in [4.69, 9.17) is 11.6 Å². The summed E-state index contributed by atoms with van der Waals surface area (Å²) < 4.78 is 24.6. The lowest BCUT2D eigenvalue weighted by Crippen LogP contribution is -2.12. The molecule has 1 rings (SSSR count). The third kappa shape index (κ3) is 1.21. The Balaban J connectivity index is 3.19. The van der Waals surface area contributed by atoms with Crippen LogP contribution >= 0.6 is 11.6 Å². The standard InChI is InChI=1S/C6HClF2O2/c7-4-3(10)1-2(8)6(11)5(4)9/h1H. The molecule has 58 valence electrons. The van der Waals surface area contributed by atoms with Gasteiger partial charge in [-0.3, -0.25) is 9.59 Å². The molecular formula is C6HClF2O2. The average molecular weight is 179 g/mol. The highest BCUT2D eigenvalue weighted by molar-refractivity contribution is 6.47. The fourth-order valence-corrected chi connectivity index (χ4v) is 0.697. The van der Waals surface area contributed by atoms with Gasteiger partial charge in [0.05, 0.1) is 0 Å². The summed E-state index contributed by atoms with van der Waals surface area (Å²) in [6, 6.07) is 0. The molecule has 0 N–H and O–H groups in total. The van der Waals surface area contributed by atoms with E-state index in [1.165, 1.54) is 0 Å². The van der Waals surface area contributed by atoms with Crippen LogP contribution in [-0.2, 0) is 9.59 Å². The zero-order chi connectivity index (χ0) is 8.59. The molecule has 0 aromatic carbocycles. The van der Waals surface area contributed by atoms with Crippen LogP contribution in [0.2, 0.25) is 0 Å². The summed E-state index contributed by atoms with van der Waals surface area (Å²) >= 11 is 5.00. The summed E-state index contributed by atoms with van der Waals surface area (Å²) in [7, 11) is 0. The normalized spacial score (nSPS) is 19.0. The smallest absolute Gasteiger partial charge is 0.251 e. The number of carbonyl (C=O) groups is 2. The molecule has 11 heavy (non-hydrogen) atoms. The van der Waals surface area contributed by atoms with E-state index in [0.717, 1.165) is 0 Å². The van der Waals surface area contributed by atoms with Gasteiger partial charge < -0.3 is 0 Å². The van der Waals surface area contributed by atoms with E-state index in [-0.39, 0.29) is 0 Å². The summed E-state index contributed by atoms with van der Waals surface area (Å²) in [5.41, 5.74) is 0. The molecule has 0 spiro atoms. The van der Waals surface area contributed by atoms with Crippen molar-refractivity contribution in [3.63, 3.8) is 0 Å². The summed E-state index contributed by atoms with van der Waals surface area (Å²) in [5.74, 6) is -5.45. The Morgan fingerprint density at radius 1 is 1.27 bits per heavy atom. The third-order valence-electron chi connectivity index (χ3n) is 1.08. The molecule has 0 bridgehead atoms. The van der Waals surface area contributed by atoms with Gasteiger partial charge in [-0.15, -0.1) is 0 Å². The van der Waals surface area contributed by atoms with Crippen LogP contribution in [0.4, 0.5) is 8.78 Å². The molecule has 1 aliphatic carbocycles. The third-order valence-corrected chi connectivity index (χ3v) is 1.44. The highest BCUT2D eigenvalue weighted by Crippen LogP contribution is 2.23. The number of ketones is 2. The maximum Gasteiger partial charge on any atom is 0.251 e. The van der Waals surface area contributed by atoms with Gasteiger partial charge in [-0.1, -0.05) is 11.6 Å². The topological polar surface area (TPSA) is 34.1 Å². The van der Waals surface area contributed by atoms with E-state index < -0.39 is 28.3 Å². The van der Waals surface area contributed by atoms with Crippen LogP contribution in [0.15, 0.2) is 22.8 Å². The van der Waals surface area contributed by atoms with Gasteiger partial charge in [-0.25, -0.2) is 8.78 Å². The number of halogens is 3. The van der Waals surface area contributed by atoms with E-state index in [2.05, 4.69) is 0 Å². The second-order valence-corrected chi connectivity index (χ2v) is 2.19. The Morgan fingerprint density at radius 2 is 1.82 bits per heavy atom. The number of rotatable bonds is 0. The van der Waals surface area contributed by atoms with Crippen LogP contribution in [0, 0.1) is 0 Å². The second kappa shape index (κ2) is 2.54. The number of hydrogen-bond donors (Lipinski definition) is 0. The minimum absolute atomic E-state index is 0.355. The van der Waals surface area contributed by atoms with E-state index in [1.54, 1.807) is 0 Å². The minimum Gasteiger partial charge on any atom is -0.288 e. The SMILES string of the molecule is O=C1C=C(F)C(=O)C(F)=C1Cl. The molecule has 0 aromatic heterocycles. The fourth-order valence-electron chi connectivity index (χ4n) is 0.557. The molecule has 5 heteroatoms. The van der Waals surface area contributed by atoms with Gasteiger partial charge in [0.15, 0.2) is 11.7 Å². The molecule has 2 nitrogen and oxygen atoms in total. The van der Waals surface area contributed by atoms with Gasteiger partial charge in [-0.05, 0) is 0 Å². The van der Waals surface area contributed by atoms with Crippen molar-refractivity contribution >= 4 is 23.2 Å². The predicted octanol–water partition coefficient (Wildman–Crippen LogP) is 1.41. The van der Waals surface area contributed by atoms with Gasteiger partial charge in [0, 0.05) is 6.08 Å². The first-order valence-corrected chi connectivity index (χ1v) is 2.93. The summed E-state index contributed by atoms with van der Waals surface area (Å²) in [6.07, 6.45) is 0.355. The zero-order valence-corrected chi connectivity index (χ0v) is 5.78. The molecule has 0 aromatic rings. The molecular weight excluding hydrogens is 178 g/mol. The molecule has 0 saturated heterocycles. The number of hydrogen-bond acceptors (Lipinski definition) is 2. The van der Waals surface area contributed by atoms with Crippen LogP contribution in [0.5, 0.6) is 0 Å². The molecule has 0 saturated carbocycles. The van der Waals surface area contributed by atoms with Crippen molar-refractivity contribution in [2.24, 2.45) is 0 Å². The van der Waals surface area contributed by atoms with Gasteiger partial charge in [0.1, 0.15) is 5.03 Å². The number of carbonyl (C=O) groups excluding carboxylic acids is 2. The van der Waals surface area contributed by atoms with Crippen molar-refractivity contribution < 1.29 is 18.4 Å². The molecule has 0 heterocycles. The Hall–Kier alpha value is -1.03. The van der Waals surface area contributed by atoms with Gasteiger partial charge >= 0.3 is 0 Å². The highest BCUT2D eigenvalue weighted by atomic mass is 35.5. The molecule has 0 amide bonds. The summed E-state index contributed by atoms with van der Waals surface area (Å²) in [6.45, 7) is 0. The van der Waals surface area contributed by atoms with Gasteiger partial charge in [0.2, 0.25) is 5.78 Å². The van der Waals surface area contributed by atoms with E-state index >= 15 is 0 Å². The van der Waals surface area contributed by atoms with E-state index in [9.17, 15) is 18.4 Å². The predicted molar refractivity (Wildman–Crippen MR) is 33.2 cm³/mol. The lowest BCUT2D eigenvalue weighted by molar-refractivity contribution is -0.117. The largest absolute Gasteiger partial charge is 0.288 e. The van der Waals surface area contributed by atoms with Crippen molar-refractivity contribution in [2.75, 3.05) is 0 Å². The van der Waals surface area contributed by atoms with Crippen LogP contribution in [0.3, 0.4) is 0 Å². The molecule has 0 aliphatic heterocycles. The van der Waals surface area contributed by atoms with E-state index in [0.29, 0.717) is 6.08 Å². The number of allylic oxidation sites excluding steroid dienone is 4. The first-order chi connectivity index (χ1) is 5.04. The average Bonchev–Trinajstić information content (AvgIpc) is 1.97. The Kier molecular flexibility index (Phi) is 1.87. The first-order valence-electron chi connectivity index (χ1n) is 2.55. The van der Waals surface area contributed by atoms with Crippen LogP contribution in [0.1, 0.15) is 0 Å². The maximum atomic E-state index is 12.4. The van der Waals surface area contributed by atoms with Gasteiger partial charge in [0.25, 0.3) is 5.78 Å². The highest BCUT2D eigenvalue weighted by Gasteiger charge is 2.27. The van der Waals surface area contributed by atoms with Crippen molar-refractivity contribution in [3.05, 3.63) is 22.8 Å². The molecule has 0 unspecified atom stereocenters. The van der Waals surface area contributed by atoms with E-state index in [1.807, 2.05) is 0 Å². The quantitative estimate of drug-likeness (QED) is 0.526. The Morgan fingerprint density at radius 3 is 2.36 bits per heavy atom. The first kappa shape index (κ1) is 8.07. The molecule has 0 radical (unpaired) electrons. The van der Waals surface area contributed by atoms with Crippen molar-refractivity contribution in [2.45, 2.75) is 0 Å². The van der Waals surface area contributed by atoms with Crippen LogP contribution in [-0.4, -0.2) is 11.6 Å². The fraction of sp³-hybridized carbons (Fsp3) is 0. The van der Waals surface area contributed by atoms with Crippen LogP contribution < -0.4 is 0 Å².